The van der Waals surface area contributed by atoms with Gasteiger partial charge in [-0.15, -0.1) is 11.3 Å². The minimum absolute atomic E-state index is 0.498. The van der Waals surface area contributed by atoms with Crippen molar-refractivity contribution in [1.82, 2.24) is 10.3 Å². The number of nitrogens with one attached hydrogen (secondary N) is 1. The van der Waals surface area contributed by atoms with Crippen molar-refractivity contribution < 1.29 is 4.74 Å². The van der Waals surface area contributed by atoms with Gasteiger partial charge in [-0.05, 0) is 6.92 Å². The van der Waals surface area contributed by atoms with Gasteiger partial charge in [0.05, 0.1) is 18.9 Å². The summed E-state index contributed by atoms with van der Waals surface area (Å²) in [5.41, 5.74) is 1.02. The van der Waals surface area contributed by atoms with E-state index >= 15 is 0 Å². The first-order valence-electron chi connectivity index (χ1n) is 5.58. The third-order valence-corrected chi connectivity index (χ3v) is 2.86. The highest BCUT2D eigenvalue weighted by atomic mass is 32.1. The molecule has 0 aliphatic rings. The second-order valence-corrected chi connectivity index (χ2v) is 4.80. The second-order valence-electron chi connectivity index (χ2n) is 3.85. The third kappa shape index (κ3) is 5.39. The van der Waals surface area contributed by atoms with Crippen LogP contribution in [0.5, 0.6) is 0 Å². The topological polar surface area (TPSA) is 34.1 Å². The zero-order chi connectivity index (χ0) is 11.8. The van der Waals surface area contributed by atoms with Gasteiger partial charge in [-0.2, -0.15) is 0 Å². The summed E-state index contributed by atoms with van der Waals surface area (Å²) in [6.07, 6.45) is 3.98. The molecular weight excluding hydrogens is 220 g/mol. The van der Waals surface area contributed by atoms with E-state index < -0.39 is 0 Å². The Labute approximate surface area is 102 Å². The van der Waals surface area contributed by atoms with E-state index in [1.54, 1.807) is 11.3 Å². The molecule has 0 amide bonds. The summed E-state index contributed by atoms with van der Waals surface area (Å²) in [5.74, 6) is 0. The standard InChI is InChI=1S/C12H20N2OS/c1-4-5-6-15-8-11-9-16-12(14-11)7-13-10(2)3/h4-5,9-10,13H,6-8H2,1-3H3. The molecule has 0 radical (unpaired) electrons. The zero-order valence-electron chi connectivity index (χ0n) is 10.2. The Bertz CT molecular complexity index is 321. The lowest BCUT2D eigenvalue weighted by molar-refractivity contribution is 0.146. The van der Waals surface area contributed by atoms with Gasteiger partial charge in [0.15, 0.2) is 0 Å². The van der Waals surface area contributed by atoms with Crippen LogP contribution in [0.4, 0.5) is 0 Å². The number of ether oxygens (including phenoxy) is 1. The van der Waals surface area contributed by atoms with E-state index in [0.29, 0.717) is 19.3 Å². The lowest BCUT2D eigenvalue weighted by Gasteiger charge is -2.04. The van der Waals surface area contributed by atoms with Crippen molar-refractivity contribution in [2.45, 2.75) is 40.0 Å². The maximum Gasteiger partial charge on any atom is 0.107 e. The van der Waals surface area contributed by atoms with E-state index in [-0.39, 0.29) is 0 Å². The quantitative estimate of drug-likeness (QED) is 0.588. The summed E-state index contributed by atoms with van der Waals surface area (Å²) in [7, 11) is 0. The summed E-state index contributed by atoms with van der Waals surface area (Å²) in [6, 6.07) is 0.498. The Morgan fingerprint density at radius 3 is 3.06 bits per heavy atom. The predicted molar refractivity (Wildman–Crippen MR) is 68.6 cm³/mol. The van der Waals surface area contributed by atoms with Crippen LogP contribution in [0.2, 0.25) is 0 Å². The Morgan fingerprint density at radius 2 is 2.38 bits per heavy atom. The molecule has 1 heterocycles. The molecular formula is C12H20N2OS. The van der Waals surface area contributed by atoms with Crippen LogP contribution in [-0.2, 0) is 17.9 Å². The summed E-state index contributed by atoms with van der Waals surface area (Å²) >= 11 is 1.68. The first kappa shape index (κ1) is 13.4. The molecule has 0 unspecified atom stereocenters. The maximum atomic E-state index is 5.44. The van der Waals surface area contributed by atoms with Crippen LogP contribution >= 0.6 is 11.3 Å². The molecule has 0 aromatic carbocycles. The third-order valence-electron chi connectivity index (χ3n) is 1.96. The molecule has 0 saturated carbocycles. The number of rotatable bonds is 7. The van der Waals surface area contributed by atoms with Crippen LogP contribution < -0.4 is 5.32 Å². The molecule has 0 atom stereocenters. The van der Waals surface area contributed by atoms with E-state index in [1.807, 2.05) is 19.1 Å². The van der Waals surface area contributed by atoms with Gasteiger partial charge in [0.1, 0.15) is 5.01 Å². The van der Waals surface area contributed by atoms with Crippen molar-refractivity contribution in [1.29, 1.82) is 0 Å². The molecule has 0 bridgehead atoms. The fraction of sp³-hybridized carbons (Fsp3) is 0.583. The second kappa shape index (κ2) is 7.54. The normalized spacial score (nSPS) is 11.8. The molecule has 1 aromatic rings. The van der Waals surface area contributed by atoms with Crippen molar-refractivity contribution in [2.75, 3.05) is 6.61 Å². The Hall–Kier alpha value is -0.710. The SMILES string of the molecule is CC=CCOCc1csc(CNC(C)C)n1. The van der Waals surface area contributed by atoms with Gasteiger partial charge in [0.2, 0.25) is 0 Å². The smallest absolute Gasteiger partial charge is 0.107 e. The maximum absolute atomic E-state index is 5.44. The van der Waals surface area contributed by atoms with Crippen LogP contribution in [0.3, 0.4) is 0 Å². The lowest BCUT2D eigenvalue weighted by Crippen LogP contribution is -2.21. The van der Waals surface area contributed by atoms with Crippen molar-refractivity contribution in [3.63, 3.8) is 0 Å². The molecule has 0 fully saturated rings. The van der Waals surface area contributed by atoms with Gasteiger partial charge < -0.3 is 10.1 Å². The predicted octanol–water partition coefficient (Wildman–Crippen LogP) is 2.73. The summed E-state index contributed by atoms with van der Waals surface area (Å²) in [4.78, 5) is 4.49. The molecule has 16 heavy (non-hydrogen) atoms. The fourth-order valence-electron chi connectivity index (χ4n) is 1.12. The number of thiazole rings is 1. The number of hydrogen-bond donors (Lipinski definition) is 1. The first-order chi connectivity index (χ1) is 7.72. The monoisotopic (exact) mass is 240 g/mol. The first-order valence-corrected chi connectivity index (χ1v) is 6.46. The van der Waals surface area contributed by atoms with Crippen LogP contribution in [0.1, 0.15) is 31.5 Å². The van der Waals surface area contributed by atoms with Crippen molar-refractivity contribution in [2.24, 2.45) is 0 Å². The Kier molecular flexibility index (Phi) is 6.30. The van der Waals surface area contributed by atoms with E-state index in [4.69, 9.17) is 4.74 Å². The molecule has 1 rings (SSSR count). The average molecular weight is 240 g/mol. The van der Waals surface area contributed by atoms with Gasteiger partial charge in [0.25, 0.3) is 0 Å². The average Bonchev–Trinajstić information content (AvgIpc) is 2.70. The summed E-state index contributed by atoms with van der Waals surface area (Å²) < 4.78 is 5.44. The number of hydrogen-bond acceptors (Lipinski definition) is 4. The van der Waals surface area contributed by atoms with Crippen LogP contribution in [0.15, 0.2) is 17.5 Å². The van der Waals surface area contributed by atoms with Crippen LogP contribution in [0.25, 0.3) is 0 Å². The zero-order valence-corrected chi connectivity index (χ0v) is 11.0. The molecule has 0 spiro atoms. The molecule has 4 heteroatoms. The molecule has 0 aliphatic heterocycles. The highest BCUT2D eigenvalue weighted by Gasteiger charge is 2.02. The van der Waals surface area contributed by atoms with Crippen molar-refractivity contribution in [3.05, 3.63) is 28.2 Å². The van der Waals surface area contributed by atoms with Crippen LogP contribution in [0, 0.1) is 0 Å². The van der Waals surface area contributed by atoms with E-state index in [9.17, 15) is 0 Å². The van der Waals surface area contributed by atoms with Gasteiger partial charge in [-0.25, -0.2) is 4.98 Å². The van der Waals surface area contributed by atoms with Gasteiger partial charge >= 0.3 is 0 Å². The van der Waals surface area contributed by atoms with E-state index in [1.165, 1.54) is 0 Å². The van der Waals surface area contributed by atoms with Crippen LogP contribution in [-0.4, -0.2) is 17.6 Å². The summed E-state index contributed by atoms with van der Waals surface area (Å²) in [5, 5.41) is 6.53. The Balaban J connectivity index is 2.28. The number of allylic oxidation sites excluding steroid dienone is 1. The molecule has 3 nitrogen and oxygen atoms in total. The Morgan fingerprint density at radius 1 is 1.56 bits per heavy atom. The number of nitrogens with zero attached hydrogens (tertiary/aromatic N) is 1. The molecule has 0 aliphatic carbocycles. The fourth-order valence-corrected chi connectivity index (χ4v) is 1.85. The highest BCUT2D eigenvalue weighted by molar-refractivity contribution is 7.09. The summed E-state index contributed by atoms with van der Waals surface area (Å²) in [6.45, 7) is 8.36. The highest BCUT2D eigenvalue weighted by Crippen LogP contribution is 2.10. The van der Waals surface area contributed by atoms with E-state index in [0.717, 1.165) is 17.2 Å². The molecule has 1 N–H and O–H groups in total. The minimum atomic E-state index is 0.498. The molecule has 0 saturated heterocycles. The number of aromatic nitrogens is 1. The molecule has 1 aromatic heterocycles. The van der Waals surface area contributed by atoms with Crippen molar-refractivity contribution >= 4 is 11.3 Å². The minimum Gasteiger partial charge on any atom is -0.371 e. The van der Waals surface area contributed by atoms with E-state index in [2.05, 4.69) is 29.5 Å². The van der Waals surface area contributed by atoms with Crippen molar-refractivity contribution in [3.8, 4) is 0 Å². The van der Waals surface area contributed by atoms with Gasteiger partial charge in [-0.3, -0.25) is 0 Å². The van der Waals surface area contributed by atoms with Gasteiger partial charge in [0, 0.05) is 18.0 Å². The lowest BCUT2D eigenvalue weighted by atomic mass is 10.4. The largest absolute Gasteiger partial charge is 0.371 e. The van der Waals surface area contributed by atoms with Gasteiger partial charge in [-0.1, -0.05) is 26.0 Å². The molecule has 90 valence electrons.